The minimum atomic E-state index is -0.485. The van der Waals surface area contributed by atoms with Gasteiger partial charge >= 0.3 is 0 Å². The van der Waals surface area contributed by atoms with Gasteiger partial charge in [0.25, 0.3) is 0 Å². The number of amides is 1. The Balaban J connectivity index is 0.00000210. The Kier molecular flexibility index (Phi) is 5.52. The molecule has 1 fully saturated rings. The number of hydrogen-bond acceptors (Lipinski definition) is 5. The zero-order chi connectivity index (χ0) is 18.1. The molecule has 142 valence electrons. The number of anilines is 1. The minimum absolute atomic E-state index is 0. The van der Waals surface area contributed by atoms with Crippen LogP contribution in [0.3, 0.4) is 0 Å². The fraction of sp³-hybridized carbons (Fsp3) is 0.294. The van der Waals surface area contributed by atoms with E-state index in [2.05, 4.69) is 25.8 Å². The van der Waals surface area contributed by atoms with Gasteiger partial charge in [-0.3, -0.25) is 9.48 Å². The van der Waals surface area contributed by atoms with Gasteiger partial charge in [-0.1, -0.05) is 0 Å². The molecule has 10 heteroatoms. The molecule has 1 aliphatic rings. The summed E-state index contributed by atoms with van der Waals surface area (Å²) in [5.41, 5.74) is 1.70. The lowest BCUT2D eigenvalue weighted by Gasteiger charge is -2.17. The maximum Gasteiger partial charge on any atom is 0.229 e. The van der Waals surface area contributed by atoms with Crippen molar-refractivity contribution in [1.29, 1.82) is 0 Å². The van der Waals surface area contributed by atoms with Gasteiger partial charge in [-0.25, -0.2) is 14.1 Å². The Morgan fingerprint density at radius 1 is 1.33 bits per heavy atom. The van der Waals surface area contributed by atoms with Crippen LogP contribution in [-0.4, -0.2) is 43.5 Å². The first kappa shape index (κ1) is 19.0. The third-order valence-corrected chi connectivity index (χ3v) is 4.58. The van der Waals surface area contributed by atoms with Crippen molar-refractivity contribution in [3.63, 3.8) is 0 Å². The molecule has 1 amide bonds. The number of aryl methyl sites for hydroxylation is 1. The van der Waals surface area contributed by atoms with Crippen molar-refractivity contribution in [2.45, 2.75) is 5.92 Å². The monoisotopic (exact) mass is 391 g/mol. The molecule has 2 N–H and O–H groups in total. The molecular weight excluding hydrogens is 373 g/mol. The highest BCUT2D eigenvalue weighted by Gasteiger charge is 2.34. The molecule has 0 unspecified atom stereocenters. The summed E-state index contributed by atoms with van der Waals surface area (Å²) in [5, 5.41) is 14.1. The lowest BCUT2D eigenvalue weighted by molar-refractivity contribution is -0.119. The molecule has 3 heterocycles. The molecule has 1 aliphatic heterocycles. The van der Waals surface area contributed by atoms with Gasteiger partial charge in [-0.05, 0) is 23.8 Å². The predicted molar refractivity (Wildman–Crippen MR) is 99.5 cm³/mol. The second-order valence-electron chi connectivity index (χ2n) is 6.31. The van der Waals surface area contributed by atoms with E-state index in [9.17, 15) is 9.18 Å². The highest BCUT2D eigenvalue weighted by atomic mass is 35.5. The van der Waals surface area contributed by atoms with Crippen LogP contribution in [0.1, 0.15) is 11.5 Å². The van der Waals surface area contributed by atoms with E-state index in [4.69, 9.17) is 0 Å². The van der Waals surface area contributed by atoms with Gasteiger partial charge in [0, 0.05) is 37.9 Å². The molecule has 2 atom stereocenters. The summed E-state index contributed by atoms with van der Waals surface area (Å²) in [6.07, 6.45) is 6.45. The Morgan fingerprint density at radius 3 is 2.85 bits per heavy atom. The molecule has 2 aromatic heterocycles. The smallest absolute Gasteiger partial charge is 0.229 e. The molecule has 0 bridgehead atoms. The van der Waals surface area contributed by atoms with Gasteiger partial charge in [0.05, 0.1) is 12.1 Å². The Bertz CT molecular complexity index is 927. The molecule has 27 heavy (non-hydrogen) atoms. The molecule has 3 aromatic rings. The minimum Gasteiger partial charge on any atom is -0.326 e. The number of nitrogens with one attached hydrogen (secondary N) is 2. The summed E-state index contributed by atoms with van der Waals surface area (Å²) in [7, 11) is 1.85. The van der Waals surface area contributed by atoms with E-state index < -0.39 is 5.82 Å². The van der Waals surface area contributed by atoms with Gasteiger partial charge in [-0.2, -0.15) is 10.2 Å². The zero-order valence-electron chi connectivity index (χ0n) is 14.5. The van der Waals surface area contributed by atoms with E-state index in [1.807, 2.05) is 13.2 Å². The van der Waals surface area contributed by atoms with Crippen LogP contribution in [0.25, 0.3) is 5.69 Å². The topological polar surface area (TPSA) is 89.7 Å². The van der Waals surface area contributed by atoms with Crippen LogP contribution in [0.15, 0.2) is 43.2 Å². The largest absolute Gasteiger partial charge is 0.326 e. The summed E-state index contributed by atoms with van der Waals surface area (Å²) in [5.74, 6) is -0.821. The molecule has 1 saturated heterocycles. The van der Waals surface area contributed by atoms with E-state index in [1.165, 1.54) is 23.4 Å². The SMILES string of the molecule is Cl.Cn1cc([C@H]2CNC[C@@H]2C(=O)Nc2ccc(-n3cncn3)c(F)c2)cn1. The van der Waals surface area contributed by atoms with E-state index in [-0.39, 0.29) is 35.8 Å². The number of halogens is 2. The molecule has 0 saturated carbocycles. The van der Waals surface area contributed by atoms with E-state index in [0.29, 0.717) is 18.8 Å². The van der Waals surface area contributed by atoms with Crippen molar-refractivity contribution in [2.24, 2.45) is 13.0 Å². The van der Waals surface area contributed by atoms with Crippen LogP contribution in [0.4, 0.5) is 10.1 Å². The van der Waals surface area contributed by atoms with Crippen molar-refractivity contribution >= 4 is 24.0 Å². The summed E-state index contributed by atoms with van der Waals surface area (Å²) >= 11 is 0. The maximum atomic E-state index is 14.3. The van der Waals surface area contributed by atoms with Crippen molar-refractivity contribution in [1.82, 2.24) is 29.9 Å². The Labute approximate surface area is 161 Å². The standard InChI is InChI=1S/C17H18FN7O.ClH/c1-24-8-11(5-21-24)13-6-19-7-14(13)17(26)23-12-2-3-16(15(18)4-12)25-10-20-9-22-25;/h2-5,8-10,13-14,19H,6-7H2,1H3,(H,23,26);1H/t13-,14+;/m1./s1. The average Bonchev–Trinajstić information content (AvgIpc) is 3.36. The van der Waals surface area contributed by atoms with Crippen molar-refractivity contribution in [3.8, 4) is 5.69 Å². The number of carbonyl (C=O) groups is 1. The lowest BCUT2D eigenvalue weighted by Crippen LogP contribution is -2.28. The first-order valence-electron chi connectivity index (χ1n) is 8.26. The normalized spacial score (nSPS) is 18.9. The number of rotatable bonds is 4. The molecule has 1 aromatic carbocycles. The van der Waals surface area contributed by atoms with Gasteiger partial charge in [0.15, 0.2) is 5.82 Å². The predicted octanol–water partition coefficient (Wildman–Crippen LogP) is 1.50. The zero-order valence-corrected chi connectivity index (χ0v) is 15.4. The lowest BCUT2D eigenvalue weighted by atomic mass is 9.90. The van der Waals surface area contributed by atoms with Crippen LogP contribution in [0.2, 0.25) is 0 Å². The number of benzene rings is 1. The van der Waals surface area contributed by atoms with Crippen molar-refractivity contribution in [3.05, 3.63) is 54.6 Å². The van der Waals surface area contributed by atoms with E-state index in [0.717, 1.165) is 5.56 Å². The fourth-order valence-corrected chi connectivity index (χ4v) is 3.27. The number of hydrogen-bond donors (Lipinski definition) is 2. The van der Waals surface area contributed by atoms with E-state index >= 15 is 0 Å². The summed E-state index contributed by atoms with van der Waals surface area (Å²) in [6, 6.07) is 4.50. The Hall–Kier alpha value is -2.78. The third-order valence-electron chi connectivity index (χ3n) is 4.58. The summed E-state index contributed by atoms with van der Waals surface area (Å²) in [4.78, 5) is 16.5. The fourth-order valence-electron chi connectivity index (χ4n) is 3.27. The third kappa shape index (κ3) is 3.83. The summed E-state index contributed by atoms with van der Waals surface area (Å²) < 4.78 is 17.4. The first-order valence-corrected chi connectivity index (χ1v) is 8.26. The Morgan fingerprint density at radius 2 is 2.19 bits per heavy atom. The summed E-state index contributed by atoms with van der Waals surface area (Å²) in [6.45, 7) is 1.29. The molecule has 0 radical (unpaired) electrons. The van der Waals surface area contributed by atoms with Crippen LogP contribution in [0, 0.1) is 11.7 Å². The molecule has 0 spiro atoms. The van der Waals surface area contributed by atoms with Crippen LogP contribution < -0.4 is 10.6 Å². The van der Waals surface area contributed by atoms with E-state index in [1.54, 1.807) is 23.0 Å². The van der Waals surface area contributed by atoms with Crippen LogP contribution in [0.5, 0.6) is 0 Å². The second kappa shape index (κ2) is 7.85. The van der Waals surface area contributed by atoms with Gasteiger partial charge in [0.1, 0.15) is 18.3 Å². The molecular formula is C17H19ClFN7O. The molecule has 8 nitrogen and oxygen atoms in total. The average molecular weight is 392 g/mol. The molecule has 4 rings (SSSR count). The molecule has 0 aliphatic carbocycles. The van der Waals surface area contributed by atoms with Gasteiger partial charge in [0.2, 0.25) is 5.91 Å². The van der Waals surface area contributed by atoms with Crippen molar-refractivity contribution < 1.29 is 9.18 Å². The quantitative estimate of drug-likeness (QED) is 0.703. The number of carbonyl (C=O) groups excluding carboxylic acids is 1. The second-order valence-corrected chi connectivity index (χ2v) is 6.31. The van der Waals surface area contributed by atoms with Crippen molar-refractivity contribution in [2.75, 3.05) is 18.4 Å². The number of aromatic nitrogens is 5. The van der Waals surface area contributed by atoms with Crippen LogP contribution in [-0.2, 0) is 11.8 Å². The van der Waals surface area contributed by atoms with Crippen LogP contribution >= 0.6 is 12.4 Å². The number of nitrogens with zero attached hydrogens (tertiary/aromatic N) is 5. The maximum absolute atomic E-state index is 14.3. The highest BCUT2D eigenvalue weighted by Crippen LogP contribution is 2.29. The highest BCUT2D eigenvalue weighted by molar-refractivity contribution is 5.93. The van der Waals surface area contributed by atoms with Gasteiger partial charge < -0.3 is 10.6 Å². The van der Waals surface area contributed by atoms with Gasteiger partial charge in [-0.15, -0.1) is 12.4 Å². The first-order chi connectivity index (χ1) is 12.6.